The molecule has 0 unspecified atom stereocenters. The molecular formula is C10H14O2. The lowest BCUT2D eigenvalue weighted by Crippen LogP contribution is -1.96. The Bertz CT molecular complexity index is 261. The molecule has 0 saturated carbocycles. The third kappa shape index (κ3) is 2.53. The van der Waals surface area contributed by atoms with Crippen molar-refractivity contribution in [2.45, 2.75) is 33.1 Å². The van der Waals surface area contributed by atoms with Gasteiger partial charge in [-0.1, -0.05) is 6.92 Å². The van der Waals surface area contributed by atoms with Crippen LogP contribution >= 0.6 is 0 Å². The summed E-state index contributed by atoms with van der Waals surface area (Å²) >= 11 is 0. The smallest absolute Gasteiger partial charge is 0.133 e. The fourth-order valence-corrected chi connectivity index (χ4v) is 1.06. The van der Waals surface area contributed by atoms with Crippen LogP contribution < -0.4 is 0 Å². The largest absolute Gasteiger partial charge is 0.469 e. The van der Waals surface area contributed by atoms with Gasteiger partial charge in [0.2, 0.25) is 0 Å². The molecule has 12 heavy (non-hydrogen) atoms. The average molecular weight is 166 g/mol. The Morgan fingerprint density at radius 3 is 2.83 bits per heavy atom. The van der Waals surface area contributed by atoms with Crippen molar-refractivity contribution < 1.29 is 9.21 Å². The Labute approximate surface area is 72.6 Å². The highest BCUT2D eigenvalue weighted by Crippen LogP contribution is 2.09. The van der Waals surface area contributed by atoms with Gasteiger partial charge in [-0.3, -0.25) is 4.79 Å². The van der Waals surface area contributed by atoms with Gasteiger partial charge in [-0.25, -0.2) is 0 Å². The van der Waals surface area contributed by atoms with Crippen molar-refractivity contribution in [3.8, 4) is 0 Å². The van der Waals surface area contributed by atoms with E-state index in [2.05, 4.69) is 0 Å². The van der Waals surface area contributed by atoms with E-state index in [1.54, 1.807) is 6.26 Å². The Morgan fingerprint density at radius 2 is 2.33 bits per heavy atom. The molecule has 1 heterocycles. The molecule has 2 heteroatoms. The van der Waals surface area contributed by atoms with Crippen molar-refractivity contribution in [3.63, 3.8) is 0 Å². The first-order valence-electron chi connectivity index (χ1n) is 4.28. The van der Waals surface area contributed by atoms with Gasteiger partial charge in [0.25, 0.3) is 0 Å². The minimum Gasteiger partial charge on any atom is -0.469 e. The molecule has 1 aromatic rings. The molecule has 0 amide bonds. The molecule has 0 bridgehead atoms. The predicted octanol–water partition coefficient (Wildman–Crippen LogP) is 2.50. The van der Waals surface area contributed by atoms with Crippen LogP contribution in [-0.2, 0) is 11.2 Å². The first-order chi connectivity index (χ1) is 5.72. The highest BCUT2D eigenvalue weighted by molar-refractivity contribution is 5.78. The van der Waals surface area contributed by atoms with Gasteiger partial charge >= 0.3 is 0 Å². The Hall–Kier alpha value is -1.05. The third-order valence-electron chi connectivity index (χ3n) is 1.83. The number of ketones is 1. The van der Waals surface area contributed by atoms with Gasteiger partial charge in [-0.05, 0) is 18.6 Å². The van der Waals surface area contributed by atoms with Gasteiger partial charge in [-0.15, -0.1) is 0 Å². The molecule has 0 fully saturated rings. The summed E-state index contributed by atoms with van der Waals surface area (Å²) in [5.41, 5.74) is 1.12. The van der Waals surface area contributed by atoms with E-state index in [9.17, 15) is 4.79 Å². The second kappa shape index (κ2) is 4.10. The number of carbonyl (C=O) groups excluding carboxylic acids is 1. The van der Waals surface area contributed by atoms with E-state index >= 15 is 0 Å². The van der Waals surface area contributed by atoms with E-state index in [1.807, 2.05) is 19.9 Å². The van der Waals surface area contributed by atoms with E-state index in [4.69, 9.17) is 4.42 Å². The van der Waals surface area contributed by atoms with Crippen molar-refractivity contribution in [1.82, 2.24) is 0 Å². The van der Waals surface area contributed by atoms with E-state index in [0.29, 0.717) is 18.6 Å². The highest BCUT2D eigenvalue weighted by atomic mass is 16.3. The van der Waals surface area contributed by atoms with E-state index in [1.165, 1.54) is 0 Å². The second-order valence-corrected chi connectivity index (χ2v) is 2.98. The lowest BCUT2D eigenvalue weighted by Gasteiger charge is -1.93. The zero-order valence-electron chi connectivity index (χ0n) is 7.59. The van der Waals surface area contributed by atoms with Crippen molar-refractivity contribution in [1.29, 1.82) is 0 Å². The number of Topliss-reactive ketones (excluding diaryl/α,β-unsaturated/α-hetero) is 1. The van der Waals surface area contributed by atoms with Crippen molar-refractivity contribution in [3.05, 3.63) is 23.7 Å². The van der Waals surface area contributed by atoms with E-state index < -0.39 is 0 Å². The first-order valence-corrected chi connectivity index (χ1v) is 4.28. The van der Waals surface area contributed by atoms with Crippen molar-refractivity contribution >= 4 is 5.78 Å². The van der Waals surface area contributed by atoms with Gasteiger partial charge in [0.1, 0.15) is 11.5 Å². The van der Waals surface area contributed by atoms with Crippen LogP contribution in [0.15, 0.2) is 16.7 Å². The standard InChI is InChI=1S/C10H14O2/c1-3-9(11)4-5-10-6-8(2)7-12-10/h6-7H,3-5H2,1-2H3. The molecule has 2 nitrogen and oxygen atoms in total. The second-order valence-electron chi connectivity index (χ2n) is 2.98. The van der Waals surface area contributed by atoms with Gasteiger partial charge in [0.15, 0.2) is 0 Å². The maximum Gasteiger partial charge on any atom is 0.133 e. The summed E-state index contributed by atoms with van der Waals surface area (Å²) in [5.74, 6) is 1.21. The minimum absolute atomic E-state index is 0.295. The highest BCUT2D eigenvalue weighted by Gasteiger charge is 2.02. The Kier molecular flexibility index (Phi) is 3.09. The summed E-state index contributed by atoms with van der Waals surface area (Å²) in [6, 6.07) is 1.98. The van der Waals surface area contributed by atoms with Crippen LogP contribution in [0.3, 0.4) is 0 Å². The van der Waals surface area contributed by atoms with Crippen LogP contribution in [0.4, 0.5) is 0 Å². The van der Waals surface area contributed by atoms with Crippen LogP contribution in [-0.4, -0.2) is 5.78 Å². The topological polar surface area (TPSA) is 30.2 Å². The fraction of sp³-hybridized carbons (Fsp3) is 0.500. The summed E-state index contributed by atoms with van der Waals surface area (Å²) in [5, 5.41) is 0. The average Bonchev–Trinajstić information content (AvgIpc) is 2.47. The molecule has 0 atom stereocenters. The monoisotopic (exact) mass is 166 g/mol. The number of hydrogen-bond donors (Lipinski definition) is 0. The summed E-state index contributed by atoms with van der Waals surface area (Å²) in [7, 11) is 0. The normalized spacial score (nSPS) is 10.2. The maximum absolute atomic E-state index is 11.0. The lowest BCUT2D eigenvalue weighted by atomic mass is 10.1. The molecular weight excluding hydrogens is 152 g/mol. The van der Waals surface area contributed by atoms with E-state index in [-0.39, 0.29) is 0 Å². The summed E-state index contributed by atoms with van der Waals surface area (Å²) in [4.78, 5) is 11.0. The molecule has 1 rings (SSSR count). The number of furan rings is 1. The van der Waals surface area contributed by atoms with E-state index in [0.717, 1.165) is 17.7 Å². The Morgan fingerprint density at radius 1 is 1.58 bits per heavy atom. The third-order valence-corrected chi connectivity index (χ3v) is 1.83. The van der Waals surface area contributed by atoms with Gasteiger partial charge in [0, 0.05) is 19.3 Å². The molecule has 0 aliphatic rings. The number of hydrogen-bond acceptors (Lipinski definition) is 2. The summed E-state index contributed by atoms with van der Waals surface area (Å²) in [6.07, 6.45) is 3.68. The van der Waals surface area contributed by atoms with Crippen molar-refractivity contribution in [2.24, 2.45) is 0 Å². The maximum atomic E-state index is 11.0. The Balaban J connectivity index is 2.38. The number of aryl methyl sites for hydroxylation is 2. The number of carbonyl (C=O) groups is 1. The van der Waals surface area contributed by atoms with Gasteiger partial charge in [-0.2, -0.15) is 0 Å². The molecule has 0 radical (unpaired) electrons. The minimum atomic E-state index is 0.295. The molecule has 0 spiro atoms. The molecule has 0 aliphatic carbocycles. The SMILES string of the molecule is CCC(=O)CCc1cc(C)co1. The van der Waals surface area contributed by atoms with Gasteiger partial charge in [0.05, 0.1) is 6.26 Å². The lowest BCUT2D eigenvalue weighted by molar-refractivity contribution is -0.118. The summed E-state index contributed by atoms with van der Waals surface area (Å²) in [6.45, 7) is 3.87. The summed E-state index contributed by atoms with van der Waals surface area (Å²) < 4.78 is 5.21. The molecule has 0 N–H and O–H groups in total. The van der Waals surface area contributed by atoms with Crippen LogP contribution in [0.5, 0.6) is 0 Å². The van der Waals surface area contributed by atoms with Crippen LogP contribution in [0.2, 0.25) is 0 Å². The quantitative estimate of drug-likeness (QED) is 0.688. The van der Waals surface area contributed by atoms with Crippen LogP contribution in [0, 0.1) is 6.92 Å². The fourth-order valence-electron chi connectivity index (χ4n) is 1.06. The predicted molar refractivity (Wildman–Crippen MR) is 47.1 cm³/mol. The van der Waals surface area contributed by atoms with Gasteiger partial charge < -0.3 is 4.42 Å². The van der Waals surface area contributed by atoms with Crippen LogP contribution in [0.1, 0.15) is 31.1 Å². The molecule has 0 saturated heterocycles. The zero-order chi connectivity index (χ0) is 8.97. The number of rotatable bonds is 4. The first kappa shape index (κ1) is 9.04. The zero-order valence-corrected chi connectivity index (χ0v) is 7.59. The molecule has 0 aromatic carbocycles. The molecule has 0 aliphatic heterocycles. The van der Waals surface area contributed by atoms with Crippen LogP contribution in [0.25, 0.3) is 0 Å². The van der Waals surface area contributed by atoms with Crippen molar-refractivity contribution in [2.75, 3.05) is 0 Å². The molecule has 66 valence electrons. The molecule has 1 aromatic heterocycles.